The van der Waals surface area contributed by atoms with Gasteiger partial charge in [-0.2, -0.15) is 0 Å². The van der Waals surface area contributed by atoms with Crippen molar-refractivity contribution < 1.29 is 26.9 Å². The van der Waals surface area contributed by atoms with Gasteiger partial charge in [-0.1, -0.05) is 0 Å². The van der Waals surface area contributed by atoms with E-state index in [4.69, 9.17) is 15.3 Å². The predicted molar refractivity (Wildman–Crippen MR) is 37.2 cm³/mol. The van der Waals surface area contributed by atoms with E-state index in [0.29, 0.717) is 5.91 Å². The van der Waals surface area contributed by atoms with Crippen LogP contribution in [0.2, 0.25) is 0 Å². The second-order valence-electron chi connectivity index (χ2n) is 2.14. The van der Waals surface area contributed by atoms with Crippen molar-refractivity contribution in [2.24, 2.45) is 0 Å². The summed E-state index contributed by atoms with van der Waals surface area (Å²) in [4.78, 5) is 20.5. The zero-order valence-electron chi connectivity index (χ0n) is 6.45. The Bertz CT molecular complexity index is 160. The van der Waals surface area contributed by atoms with Crippen LogP contribution in [0.4, 0.5) is 0 Å². The van der Waals surface area contributed by atoms with E-state index in [0.717, 1.165) is 19.4 Å². The maximum atomic E-state index is 10.5. The van der Waals surface area contributed by atoms with Crippen LogP contribution in [0, 0.1) is 15.3 Å². The van der Waals surface area contributed by atoms with E-state index >= 15 is 0 Å². The van der Waals surface area contributed by atoms with Crippen molar-refractivity contribution in [3.8, 4) is 0 Å². The van der Waals surface area contributed by atoms with Crippen LogP contribution in [-0.4, -0.2) is 29.5 Å². The number of carbonyl (C=O) groups is 1. The SMILES string of the molecule is CN1CCCC1=O.O=[N+]([O-])[O-].[Cu+]. The van der Waals surface area contributed by atoms with Crippen LogP contribution in [0.25, 0.3) is 0 Å². The molecule has 74 valence electrons. The van der Waals surface area contributed by atoms with E-state index in [-0.39, 0.29) is 17.1 Å². The molecule has 0 unspecified atom stereocenters. The van der Waals surface area contributed by atoms with Crippen LogP contribution in [-0.2, 0) is 21.9 Å². The van der Waals surface area contributed by atoms with Crippen LogP contribution in [0.3, 0.4) is 0 Å². The van der Waals surface area contributed by atoms with Crippen LogP contribution < -0.4 is 0 Å². The molecule has 0 bridgehead atoms. The van der Waals surface area contributed by atoms with Gasteiger partial charge in [0.05, 0.1) is 5.09 Å². The summed E-state index contributed by atoms with van der Waals surface area (Å²) in [5.74, 6) is 0.292. The summed E-state index contributed by atoms with van der Waals surface area (Å²) in [5.41, 5.74) is 0. The summed E-state index contributed by atoms with van der Waals surface area (Å²) in [6.45, 7) is 0.957. The second kappa shape index (κ2) is 6.87. The molecule has 1 aliphatic heterocycles. The van der Waals surface area contributed by atoms with Gasteiger partial charge >= 0.3 is 17.1 Å². The van der Waals surface area contributed by atoms with E-state index in [1.807, 2.05) is 7.05 Å². The number of amides is 1. The van der Waals surface area contributed by atoms with E-state index in [2.05, 4.69) is 0 Å². The molecule has 7 heteroatoms. The molecule has 1 amide bonds. The van der Waals surface area contributed by atoms with Crippen LogP contribution in [0.5, 0.6) is 0 Å². The number of likely N-dealkylation sites (tertiary alicyclic amines) is 1. The number of nitrogens with zero attached hydrogens (tertiary/aromatic N) is 2. The molecule has 1 aliphatic rings. The Balaban J connectivity index is 0. The first-order valence-electron chi connectivity index (χ1n) is 3.09. The van der Waals surface area contributed by atoms with Crippen LogP contribution in [0.15, 0.2) is 0 Å². The third-order valence-electron chi connectivity index (χ3n) is 1.31. The molecule has 0 N–H and O–H groups in total. The van der Waals surface area contributed by atoms with Crippen molar-refractivity contribution in [3.63, 3.8) is 0 Å². The zero-order chi connectivity index (χ0) is 8.85. The minimum atomic E-state index is -1.75. The normalized spacial score (nSPS) is 14.4. The van der Waals surface area contributed by atoms with Gasteiger partial charge in [-0.25, -0.2) is 0 Å². The molecule has 1 saturated heterocycles. The van der Waals surface area contributed by atoms with Crippen molar-refractivity contribution in [1.82, 2.24) is 4.90 Å². The molecule has 0 radical (unpaired) electrons. The second-order valence-corrected chi connectivity index (χ2v) is 2.14. The fourth-order valence-corrected chi connectivity index (χ4v) is 0.783. The smallest absolute Gasteiger partial charge is 0.356 e. The van der Waals surface area contributed by atoms with Crippen LogP contribution in [0.1, 0.15) is 12.8 Å². The molecule has 0 aliphatic carbocycles. The van der Waals surface area contributed by atoms with Crippen molar-refractivity contribution in [2.75, 3.05) is 13.6 Å². The Labute approximate surface area is 80.1 Å². The fraction of sp³-hybridized carbons (Fsp3) is 0.800. The Morgan fingerprint density at radius 1 is 1.50 bits per heavy atom. The van der Waals surface area contributed by atoms with Gasteiger partial charge in [-0.3, -0.25) is 4.79 Å². The summed E-state index contributed by atoms with van der Waals surface area (Å²) in [6.07, 6.45) is 1.81. The maximum Gasteiger partial charge on any atom is 1.00 e. The molecule has 12 heavy (non-hydrogen) atoms. The van der Waals surface area contributed by atoms with Gasteiger partial charge in [-0.15, -0.1) is 0 Å². The fourth-order valence-electron chi connectivity index (χ4n) is 0.783. The van der Waals surface area contributed by atoms with Crippen molar-refractivity contribution >= 4 is 5.91 Å². The van der Waals surface area contributed by atoms with Crippen LogP contribution >= 0.6 is 0 Å². The number of carbonyl (C=O) groups excluding carboxylic acids is 1. The third-order valence-corrected chi connectivity index (χ3v) is 1.31. The maximum absolute atomic E-state index is 10.5. The Morgan fingerprint density at radius 2 is 1.92 bits per heavy atom. The molecule has 6 nitrogen and oxygen atoms in total. The van der Waals surface area contributed by atoms with E-state index in [9.17, 15) is 4.79 Å². The van der Waals surface area contributed by atoms with Crippen molar-refractivity contribution in [1.29, 1.82) is 0 Å². The topological polar surface area (TPSA) is 86.5 Å². The number of hydrogen-bond donors (Lipinski definition) is 0. The third kappa shape index (κ3) is 7.30. The minimum absolute atomic E-state index is 0. The van der Waals surface area contributed by atoms with Gasteiger partial charge < -0.3 is 20.2 Å². The minimum Gasteiger partial charge on any atom is -0.356 e. The molecule has 1 rings (SSSR count). The van der Waals surface area contributed by atoms with Gasteiger partial charge in [0.15, 0.2) is 0 Å². The molecule has 0 aromatic heterocycles. The molecule has 1 fully saturated rings. The van der Waals surface area contributed by atoms with Gasteiger partial charge in [-0.05, 0) is 6.42 Å². The predicted octanol–water partition coefficient (Wildman–Crippen LogP) is -0.00300. The average Bonchev–Trinajstić information content (AvgIpc) is 2.15. The van der Waals surface area contributed by atoms with E-state index < -0.39 is 5.09 Å². The molecule has 0 saturated carbocycles. The van der Waals surface area contributed by atoms with Gasteiger partial charge in [0, 0.05) is 20.0 Å². The summed E-state index contributed by atoms with van der Waals surface area (Å²) in [5, 5.41) is 14.8. The monoisotopic (exact) mass is 224 g/mol. The first-order valence-corrected chi connectivity index (χ1v) is 3.09. The molecule has 0 atom stereocenters. The Hall–Kier alpha value is -0.811. The quantitative estimate of drug-likeness (QED) is 0.329. The summed E-state index contributed by atoms with van der Waals surface area (Å²) in [6, 6.07) is 0. The standard InChI is InChI=1S/C5H9NO.Cu.NO3/c1-6-4-2-3-5(6)7;;2-1(3)4/h2-4H2,1H3;;/q;+1;-1. The van der Waals surface area contributed by atoms with E-state index in [1.165, 1.54) is 0 Å². The molecular weight excluding hydrogens is 216 g/mol. The van der Waals surface area contributed by atoms with Gasteiger partial charge in [0.2, 0.25) is 5.91 Å². The molecule has 0 spiro atoms. The molecule has 1 heterocycles. The van der Waals surface area contributed by atoms with Crippen molar-refractivity contribution in [3.05, 3.63) is 15.3 Å². The summed E-state index contributed by atoms with van der Waals surface area (Å²) in [7, 11) is 1.84. The molecule has 0 aromatic rings. The Kier molecular flexibility index (Phi) is 7.88. The largest absolute Gasteiger partial charge is 1.00 e. The average molecular weight is 225 g/mol. The van der Waals surface area contributed by atoms with Gasteiger partial charge in [0.1, 0.15) is 0 Å². The zero-order valence-corrected chi connectivity index (χ0v) is 7.39. The number of rotatable bonds is 0. The van der Waals surface area contributed by atoms with Crippen molar-refractivity contribution in [2.45, 2.75) is 12.8 Å². The van der Waals surface area contributed by atoms with Gasteiger partial charge in [0.25, 0.3) is 0 Å². The number of hydrogen-bond acceptors (Lipinski definition) is 4. The molecule has 0 aromatic carbocycles. The first-order chi connectivity index (χ1) is 5.04. The summed E-state index contributed by atoms with van der Waals surface area (Å²) >= 11 is 0. The Morgan fingerprint density at radius 3 is 2.00 bits per heavy atom. The summed E-state index contributed by atoms with van der Waals surface area (Å²) < 4.78 is 0. The van der Waals surface area contributed by atoms with E-state index in [1.54, 1.807) is 4.90 Å². The molecular formula is C5H9CuN2O4. The first kappa shape index (κ1) is 13.8.